The molecule has 10 heteroatoms. The summed E-state index contributed by atoms with van der Waals surface area (Å²) in [5.74, 6) is -2.24. The third kappa shape index (κ3) is 4.50. The highest BCUT2D eigenvalue weighted by atomic mass is 19.1. The van der Waals surface area contributed by atoms with Gasteiger partial charge in [0.1, 0.15) is 11.9 Å². The van der Waals surface area contributed by atoms with Crippen LogP contribution < -0.4 is 15.1 Å². The highest BCUT2D eigenvalue weighted by Crippen LogP contribution is 2.28. The first-order valence-corrected chi connectivity index (χ1v) is 10.1. The standard InChI is InChI=1S/C22H22FN3O6/c23-18-11-14(5-6-19(18)25-7-9-31-10-8-25)26-13-15(32-22(26)30)12-24-20(27)16-3-1-2-4-17(16)21(28)29/h1-6,11,15H,7-10,12-13H2,(H,24,27)(H,28,29)/t15-/m0/s1. The zero-order valence-electron chi connectivity index (χ0n) is 17.1. The fraction of sp³-hybridized carbons (Fsp3) is 0.318. The van der Waals surface area contributed by atoms with Crippen LogP contribution in [0.2, 0.25) is 0 Å². The van der Waals surface area contributed by atoms with Crippen molar-refractivity contribution < 1.29 is 33.4 Å². The minimum absolute atomic E-state index is 0.0105. The highest BCUT2D eigenvalue weighted by Gasteiger charge is 2.33. The van der Waals surface area contributed by atoms with Crippen molar-refractivity contribution in [3.63, 3.8) is 0 Å². The molecule has 4 rings (SSSR count). The Bertz CT molecular complexity index is 1040. The number of rotatable bonds is 6. The first-order valence-electron chi connectivity index (χ1n) is 10.1. The van der Waals surface area contributed by atoms with Gasteiger partial charge in [-0.3, -0.25) is 9.69 Å². The average Bonchev–Trinajstić information content (AvgIpc) is 3.18. The highest BCUT2D eigenvalue weighted by molar-refractivity contribution is 6.04. The Morgan fingerprint density at radius 3 is 2.53 bits per heavy atom. The maximum absolute atomic E-state index is 14.7. The van der Waals surface area contributed by atoms with Gasteiger partial charge in [0.25, 0.3) is 5.91 Å². The van der Waals surface area contributed by atoms with Gasteiger partial charge in [-0.25, -0.2) is 14.0 Å². The maximum atomic E-state index is 14.7. The molecule has 2 N–H and O–H groups in total. The second-order valence-corrected chi connectivity index (χ2v) is 7.41. The normalized spacial score (nSPS) is 18.4. The number of aromatic carboxylic acids is 1. The molecule has 2 aliphatic rings. The van der Waals surface area contributed by atoms with Gasteiger partial charge in [-0.1, -0.05) is 12.1 Å². The predicted octanol–water partition coefficient (Wildman–Crippen LogP) is 2.12. The van der Waals surface area contributed by atoms with E-state index in [4.69, 9.17) is 9.47 Å². The van der Waals surface area contributed by atoms with Crippen LogP contribution in [-0.2, 0) is 9.47 Å². The molecule has 0 spiro atoms. The molecule has 0 unspecified atom stereocenters. The van der Waals surface area contributed by atoms with Crippen molar-refractivity contribution in [3.05, 3.63) is 59.4 Å². The van der Waals surface area contributed by atoms with Crippen molar-refractivity contribution in [3.8, 4) is 0 Å². The molecule has 0 bridgehead atoms. The lowest BCUT2D eigenvalue weighted by Gasteiger charge is -2.29. The second-order valence-electron chi connectivity index (χ2n) is 7.41. The summed E-state index contributed by atoms with van der Waals surface area (Å²) in [6.45, 7) is 2.36. The van der Waals surface area contributed by atoms with Crippen molar-refractivity contribution in [2.24, 2.45) is 0 Å². The molecule has 0 aromatic heterocycles. The molecule has 32 heavy (non-hydrogen) atoms. The Hall–Kier alpha value is -3.66. The third-order valence-electron chi connectivity index (χ3n) is 5.36. The van der Waals surface area contributed by atoms with Crippen LogP contribution in [0, 0.1) is 5.82 Å². The van der Waals surface area contributed by atoms with Crippen LogP contribution in [-0.4, -0.2) is 68.6 Å². The number of amides is 2. The van der Waals surface area contributed by atoms with Crippen LogP contribution in [0.1, 0.15) is 20.7 Å². The summed E-state index contributed by atoms with van der Waals surface area (Å²) in [6, 6.07) is 10.4. The van der Waals surface area contributed by atoms with E-state index in [1.54, 1.807) is 18.2 Å². The quantitative estimate of drug-likeness (QED) is 0.704. The van der Waals surface area contributed by atoms with E-state index < -0.39 is 29.9 Å². The number of carbonyl (C=O) groups is 3. The number of ether oxygens (including phenoxy) is 2. The van der Waals surface area contributed by atoms with Gasteiger partial charge in [-0.2, -0.15) is 0 Å². The monoisotopic (exact) mass is 443 g/mol. The minimum Gasteiger partial charge on any atom is -0.478 e. The van der Waals surface area contributed by atoms with Gasteiger partial charge >= 0.3 is 12.1 Å². The number of morpholine rings is 1. The number of hydrogen-bond donors (Lipinski definition) is 2. The summed E-state index contributed by atoms with van der Waals surface area (Å²) < 4.78 is 25.3. The summed E-state index contributed by atoms with van der Waals surface area (Å²) in [6.07, 6.45) is -1.31. The largest absolute Gasteiger partial charge is 0.478 e. The maximum Gasteiger partial charge on any atom is 0.414 e. The zero-order chi connectivity index (χ0) is 22.7. The van der Waals surface area contributed by atoms with Crippen LogP contribution in [0.3, 0.4) is 0 Å². The van der Waals surface area contributed by atoms with E-state index in [0.717, 1.165) is 0 Å². The van der Waals surface area contributed by atoms with Crippen molar-refractivity contribution in [1.82, 2.24) is 5.32 Å². The van der Waals surface area contributed by atoms with Crippen molar-refractivity contribution in [2.45, 2.75) is 6.10 Å². The topological polar surface area (TPSA) is 108 Å². The molecule has 0 saturated carbocycles. The van der Waals surface area contributed by atoms with E-state index in [1.807, 2.05) is 4.90 Å². The van der Waals surface area contributed by atoms with Crippen molar-refractivity contribution >= 4 is 29.3 Å². The number of cyclic esters (lactones) is 1. The lowest BCUT2D eigenvalue weighted by Crippen LogP contribution is -2.37. The molecule has 2 aromatic carbocycles. The average molecular weight is 443 g/mol. The van der Waals surface area contributed by atoms with E-state index in [2.05, 4.69) is 5.32 Å². The van der Waals surface area contributed by atoms with Crippen molar-refractivity contribution in [1.29, 1.82) is 0 Å². The fourth-order valence-electron chi connectivity index (χ4n) is 3.73. The van der Waals surface area contributed by atoms with Crippen LogP contribution >= 0.6 is 0 Å². The molecular weight excluding hydrogens is 421 g/mol. The minimum atomic E-state index is -1.21. The Labute approximate surface area is 183 Å². The Morgan fingerprint density at radius 1 is 1.12 bits per heavy atom. The van der Waals surface area contributed by atoms with E-state index in [0.29, 0.717) is 37.7 Å². The summed E-state index contributed by atoms with van der Waals surface area (Å²) >= 11 is 0. The Balaban J connectivity index is 1.39. The summed E-state index contributed by atoms with van der Waals surface area (Å²) in [5, 5.41) is 11.8. The van der Waals surface area contributed by atoms with Gasteiger partial charge in [0.05, 0.1) is 48.8 Å². The molecule has 2 amide bonds. The van der Waals surface area contributed by atoms with E-state index in [-0.39, 0.29) is 24.2 Å². The smallest absolute Gasteiger partial charge is 0.414 e. The number of nitrogens with zero attached hydrogens (tertiary/aromatic N) is 2. The van der Waals surface area contributed by atoms with E-state index >= 15 is 0 Å². The van der Waals surface area contributed by atoms with Gasteiger partial charge in [0.2, 0.25) is 0 Å². The number of benzene rings is 2. The summed E-state index contributed by atoms with van der Waals surface area (Å²) in [5.41, 5.74) is 0.702. The number of carbonyl (C=O) groups excluding carboxylic acids is 2. The third-order valence-corrected chi connectivity index (χ3v) is 5.36. The molecule has 1 atom stereocenters. The van der Waals surface area contributed by atoms with Crippen LogP contribution in [0.15, 0.2) is 42.5 Å². The first kappa shape index (κ1) is 21.6. The van der Waals surface area contributed by atoms with Crippen LogP contribution in [0.4, 0.5) is 20.6 Å². The van der Waals surface area contributed by atoms with Gasteiger partial charge in [0, 0.05) is 13.1 Å². The molecule has 2 saturated heterocycles. The molecule has 2 fully saturated rings. The lowest BCUT2D eigenvalue weighted by molar-refractivity contribution is 0.0690. The fourth-order valence-corrected chi connectivity index (χ4v) is 3.73. The molecule has 2 aromatic rings. The number of carboxylic acids is 1. The Morgan fingerprint density at radius 2 is 1.84 bits per heavy atom. The van der Waals surface area contributed by atoms with Crippen LogP contribution in [0.5, 0.6) is 0 Å². The predicted molar refractivity (Wildman–Crippen MR) is 113 cm³/mol. The molecule has 168 valence electrons. The number of halogens is 1. The van der Waals surface area contributed by atoms with Crippen molar-refractivity contribution in [2.75, 3.05) is 49.2 Å². The molecular formula is C22H22FN3O6. The summed E-state index contributed by atoms with van der Waals surface area (Å²) in [7, 11) is 0. The lowest BCUT2D eigenvalue weighted by atomic mass is 10.1. The zero-order valence-corrected chi connectivity index (χ0v) is 17.1. The van der Waals surface area contributed by atoms with E-state index in [1.165, 1.54) is 29.2 Å². The molecule has 9 nitrogen and oxygen atoms in total. The van der Waals surface area contributed by atoms with Gasteiger partial charge in [0.15, 0.2) is 0 Å². The van der Waals surface area contributed by atoms with Crippen LogP contribution in [0.25, 0.3) is 0 Å². The first-order chi connectivity index (χ1) is 15.4. The van der Waals surface area contributed by atoms with Gasteiger partial charge in [-0.15, -0.1) is 0 Å². The number of nitrogens with one attached hydrogen (secondary N) is 1. The summed E-state index contributed by atoms with van der Waals surface area (Å²) in [4.78, 5) is 39.2. The number of hydrogen-bond acceptors (Lipinski definition) is 6. The van der Waals surface area contributed by atoms with Gasteiger partial charge < -0.3 is 24.8 Å². The van der Waals surface area contributed by atoms with Gasteiger partial charge in [-0.05, 0) is 30.3 Å². The second kappa shape index (κ2) is 9.23. The number of carboxylic acid groups (broad SMARTS) is 1. The SMILES string of the molecule is O=C(O)c1ccccc1C(=O)NC[C@H]1CN(c2ccc(N3CCOCC3)c(F)c2)C(=O)O1. The Kier molecular flexibility index (Phi) is 6.22. The molecule has 2 aliphatic heterocycles. The number of anilines is 2. The van der Waals surface area contributed by atoms with E-state index in [9.17, 15) is 23.9 Å². The molecule has 0 aliphatic carbocycles. The molecule has 2 heterocycles. The molecule has 0 radical (unpaired) electrons.